The molecule has 0 saturated heterocycles. The van der Waals surface area contributed by atoms with Crippen molar-refractivity contribution in [3.63, 3.8) is 0 Å². The summed E-state index contributed by atoms with van der Waals surface area (Å²) in [6, 6.07) is 9.92. The van der Waals surface area contributed by atoms with Gasteiger partial charge in [-0.3, -0.25) is 4.79 Å². The second-order valence-corrected chi connectivity index (χ2v) is 4.98. The minimum absolute atomic E-state index is 0.131. The summed E-state index contributed by atoms with van der Waals surface area (Å²) in [6.45, 7) is 1.96. The summed E-state index contributed by atoms with van der Waals surface area (Å²) in [4.78, 5) is 24.8. The Kier molecular flexibility index (Phi) is 3.33. The maximum absolute atomic E-state index is 12.7. The molecular formula is C17H15NO4. The molecule has 0 aliphatic rings. The number of pyridine rings is 1. The molecule has 0 saturated carbocycles. The number of carbonyl (C=O) groups is 1. The molecule has 1 heterocycles. The number of phenolic OH excluding ortho intramolecular Hbond substituents is 1. The molecule has 0 radical (unpaired) electrons. The smallest absolute Gasteiger partial charge is 0.340 e. The van der Waals surface area contributed by atoms with E-state index in [1.165, 1.54) is 12.1 Å². The number of nitrogens with zero attached hydrogens (tertiary/aromatic N) is 1. The molecule has 0 unspecified atom stereocenters. The van der Waals surface area contributed by atoms with Crippen LogP contribution in [0.15, 0.2) is 41.2 Å². The topological polar surface area (TPSA) is 68.5 Å². The molecule has 112 valence electrons. The summed E-state index contributed by atoms with van der Waals surface area (Å²) in [6.07, 6.45) is 0. The quantitative estimate of drug-likeness (QED) is 0.583. The minimum Gasteiger partial charge on any atom is -0.507 e. The van der Waals surface area contributed by atoms with E-state index in [2.05, 4.69) is 0 Å². The van der Waals surface area contributed by atoms with E-state index in [4.69, 9.17) is 4.74 Å². The largest absolute Gasteiger partial charge is 0.507 e. The van der Waals surface area contributed by atoms with Crippen LogP contribution in [0.5, 0.6) is 5.75 Å². The van der Waals surface area contributed by atoms with Gasteiger partial charge in [0.25, 0.3) is 0 Å². The zero-order chi connectivity index (χ0) is 15.9. The van der Waals surface area contributed by atoms with Crippen LogP contribution in [0.25, 0.3) is 21.8 Å². The van der Waals surface area contributed by atoms with E-state index in [9.17, 15) is 14.7 Å². The number of aromatic nitrogens is 1. The average Bonchev–Trinajstić information content (AvgIpc) is 2.52. The predicted molar refractivity (Wildman–Crippen MR) is 84.3 cm³/mol. The molecule has 0 fully saturated rings. The molecule has 0 bridgehead atoms. The number of rotatable bonds is 2. The van der Waals surface area contributed by atoms with Crippen molar-refractivity contribution in [2.45, 2.75) is 6.92 Å². The standard InChI is InChI=1S/C17H15NO4/c1-3-22-17(21)11-8-9-13(19)14-15(11)18(2)12-7-5-4-6-10(12)16(14)20/h4-9,19H,3H2,1-2H3. The third-order valence-electron chi connectivity index (χ3n) is 3.72. The molecule has 0 atom stereocenters. The monoisotopic (exact) mass is 297 g/mol. The fourth-order valence-corrected chi connectivity index (χ4v) is 2.74. The molecule has 3 rings (SSSR count). The van der Waals surface area contributed by atoms with Crippen LogP contribution in [0.4, 0.5) is 0 Å². The number of para-hydroxylation sites is 1. The van der Waals surface area contributed by atoms with Gasteiger partial charge in [0.15, 0.2) is 0 Å². The van der Waals surface area contributed by atoms with E-state index in [-0.39, 0.29) is 28.7 Å². The van der Waals surface area contributed by atoms with Crippen molar-refractivity contribution in [3.8, 4) is 5.75 Å². The van der Waals surface area contributed by atoms with Crippen LogP contribution in [0, 0.1) is 0 Å². The molecule has 0 amide bonds. The van der Waals surface area contributed by atoms with E-state index < -0.39 is 5.97 Å². The number of esters is 1. The van der Waals surface area contributed by atoms with Crippen molar-refractivity contribution in [2.75, 3.05) is 6.61 Å². The lowest BCUT2D eigenvalue weighted by atomic mass is 10.0. The number of aryl methyl sites for hydroxylation is 1. The molecule has 1 aromatic heterocycles. The van der Waals surface area contributed by atoms with E-state index in [1.54, 1.807) is 36.7 Å². The van der Waals surface area contributed by atoms with Crippen molar-refractivity contribution in [1.29, 1.82) is 0 Å². The van der Waals surface area contributed by atoms with E-state index in [0.717, 1.165) is 0 Å². The Balaban J connectivity index is 2.55. The molecule has 2 aromatic carbocycles. The fourth-order valence-electron chi connectivity index (χ4n) is 2.74. The number of ether oxygens (including phenoxy) is 1. The van der Waals surface area contributed by atoms with Crippen LogP contribution in [0.3, 0.4) is 0 Å². The van der Waals surface area contributed by atoms with Gasteiger partial charge in [-0.2, -0.15) is 0 Å². The van der Waals surface area contributed by atoms with Crippen LogP contribution in [-0.2, 0) is 11.8 Å². The number of fused-ring (bicyclic) bond motifs is 2. The lowest BCUT2D eigenvalue weighted by molar-refractivity contribution is 0.0528. The van der Waals surface area contributed by atoms with E-state index in [0.29, 0.717) is 16.4 Å². The SMILES string of the molecule is CCOC(=O)c1ccc(O)c2c(=O)c3ccccc3n(C)c12. The third kappa shape index (κ3) is 1.94. The highest BCUT2D eigenvalue weighted by Gasteiger charge is 2.19. The maximum atomic E-state index is 12.7. The Morgan fingerprint density at radius 1 is 1.23 bits per heavy atom. The van der Waals surface area contributed by atoms with Crippen LogP contribution in [-0.4, -0.2) is 22.2 Å². The van der Waals surface area contributed by atoms with Crippen LogP contribution >= 0.6 is 0 Å². The first-order valence-electron chi connectivity index (χ1n) is 6.96. The van der Waals surface area contributed by atoms with E-state index in [1.807, 2.05) is 6.07 Å². The predicted octanol–water partition coefficient (Wildman–Crippen LogP) is 2.57. The van der Waals surface area contributed by atoms with Gasteiger partial charge in [-0.1, -0.05) is 12.1 Å². The first-order chi connectivity index (χ1) is 10.6. The molecule has 0 aliphatic carbocycles. The van der Waals surface area contributed by atoms with Gasteiger partial charge < -0.3 is 14.4 Å². The number of aromatic hydroxyl groups is 1. The number of phenols is 1. The average molecular weight is 297 g/mol. The van der Waals surface area contributed by atoms with Gasteiger partial charge in [0.2, 0.25) is 5.43 Å². The Bertz CT molecular complexity index is 956. The summed E-state index contributed by atoms with van der Waals surface area (Å²) >= 11 is 0. The van der Waals surface area contributed by atoms with Crippen LogP contribution < -0.4 is 5.43 Å². The number of benzene rings is 2. The number of carbonyl (C=O) groups excluding carboxylic acids is 1. The summed E-state index contributed by atoms with van der Waals surface area (Å²) < 4.78 is 6.78. The summed E-state index contributed by atoms with van der Waals surface area (Å²) in [5.41, 5.74) is 1.03. The van der Waals surface area contributed by atoms with Crippen LogP contribution in [0.1, 0.15) is 17.3 Å². The molecule has 1 N–H and O–H groups in total. The maximum Gasteiger partial charge on any atom is 0.340 e. The summed E-state index contributed by atoms with van der Waals surface area (Å²) in [5.74, 6) is -0.660. The molecule has 5 heteroatoms. The van der Waals surface area contributed by atoms with Gasteiger partial charge in [0, 0.05) is 12.4 Å². The Morgan fingerprint density at radius 3 is 2.68 bits per heavy atom. The lowest BCUT2D eigenvalue weighted by Crippen LogP contribution is -2.14. The van der Waals surface area contributed by atoms with Gasteiger partial charge in [-0.05, 0) is 31.2 Å². The van der Waals surface area contributed by atoms with Crippen molar-refractivity contribution >= 4 is 27.8 Å². The van der Waals surface area contributed by atoms with Gasteiger partial charge in [-0.15, -0.1) is 0 Å². The zero-order valence-electron chi connectivity index (χ0n) is 12.3. The highest BCUT2D eigenvalue weighted by molar-refractivity contribution is 6.07. The van der Waals surface area contributed by atoms with Crippen molar-refractivity contribution < 1.29 is 14.6 Å². The second kappa shape index (κ2) is 5.18. The first-order valence-corrected chi connectivity index (χ1v) is 6.96. The number of hydrogen-bond donors (Lipinski definition) is 1. The lowest BCUT2D eigenvalue weighted by Gasteiger charge is -2.14. The fraction of sp³-hybridized carbons (Fsp3) is 0.176. The van der Waals surface area contributed by atoms with Gasteiger partial charge in [-0.25, -0.2) is 4.79 Å². The molecule has 22 heavy (non-hydrogen) atoms. The highest BCUT2D eigenvalue weighted by Crippen LogP contribution is 2.28. The second-order valence-electron chi connectivity index (χ2n) is 4.98. The molecular weight excluding hydrogens is 282 g/mol. The molecule has 3 aromatic rings. The third-order valence-corrected chi connectivity index (χ3v) is 3.72. The molecule has 0 spiro atoms. The van der Waals surface area contributed by atoms with E-state index >= 15 is 0 Å². The van der Waals surface area contributed by atoms with Gasteiger partial charge in [0.1, 0.15) is 5.75 Å². The number of hydrogen-bond acceptors (Lipinski definition) is 4. The van der Waals surface area contributed by atoms with Crippen LogP contribution in [0.2, 0.25) is 0 Å². The molecule has 0 aliphatic heterocycles. The Morgan fingerprint density at radius 2 is 1.95 bits per heavy atom. The highest BCUT2D eigenvalue weighted by atomic mass is 16.5. The van der Waals surface area contributed by atoms with Gasteiger partial charge >= 0.3 is 5.97 Å². The summed E-state index contributed by atoms with van der Waals surface area (Å²) in [7, 11) is 1.76. The zero-order valence-corrected chi connectivity index (χ0v) is 12.3. The molecule has 5 nitrogen and oxygen atoms in total. The Hall–Kier alpha value is -2.82. The van der Waals surface area contributed by atoms with Gasteiger partial charge in [0.05, 0.1) is 28.6 Å². The normalized spacial score (nSPS) is 11.0. The Labute approximate surface area is 126 Å². The minimum atomic E-state index is -0.516. The van der Waals surface area contributed by atoms with Crippen molar-refractivity contribution in [2.24, 2.45) is 7.05 Å². The first kappa shape index (κ1) is 14.1. The summed E-state index contributed by atoms with van der Waals surface area (Å²) in [5, 5.41) is 10.7. The van der Waals surface area contributed by atoms with Crippen molar-refractivity contribution in [3.05, 3.63) is 52.2 Å². The van der Waals surface area contributed by atoms with Crippen molar-refractivity contribution in [1.82, 2.24) is 4.57 Å².